The van der Waals surface area contributed by atoms with Gasteiger partial charge < -0.3 is 5.32 Å². The van der Waals surface area contributed by atoms with Crippen LogP contribution in [0.15, 0.2) is 18.2 Å². The molecule has 106 valence electrons. The molecule has 0 radical (unpaired) electrons. The Bertz CT molecular complexity index is 433. The maximum Gasteiger partial charge on any atom is 0.0410 e. The minimum Gasteiger partial charge on any atom is -0.382 e. The van der Waals surface area contributed by atoms with Crippen LogP contribution in [0.3, 0.4) is 0 Å². The summed E-state index contributed by atoms with van der Waals surface area (Å²) < 4.78 is 0. The first-order chi connectivity index (χ1) is 8.88. The molecule has 1 fully saturated rings. The van der Waals surface area contributed by atoms with Crippen molar-refractivity contribution in [3.8, 4) is 0 Å². The van der Waals surface area contributed by atoms with Crippen molar-refractivity contribution < 1.29 is 0 Å². The Morgan fingerprint density at radius 3 is 2.47 bits per heavy atom. The third kappa shape index (κ3) is 3.66. The van der Waals surface area contributed by atoms with Crippen LogP contribution in [-0.2, 0) is 0 Å². The van der Waals surface area contributed by atoms with Gasteiger partial charge in [-0.05, 0) is 54.9 Å². The summed E-state index contributed by atoms with van der Waals surface area (Å²) in [6, 6.07) is 6.73. The average Bonchev–Trinajstić information content (AvgIpc) is 2.32. The number of hydrogen-bond donors (Lipinski definition) is 1. The van der Waals surface area contributed by atoms with Gasteiger partial charge >= 0.3 is 0 Å². The van der Waals surface area contributed by atoms with E-state index in [1.165, 1.54) is 36.9 Å². The smallest absolute Gasteiger partial charge is 0.0410 e. The van der Waals surface area contributed by atoms with E-state index in [0.29, 0.717) is 11.5 Å². The predicted octanol–water partition coefficient (Wildman–Crippen LogP) is 5.67. The fourth-order valence-electron chi connectivity index (χ4n) is 3.33. The van der Waals surface area contributed by atoms with Crippen molar-refractivity contribution in [3.63, 3.8) is 0 Å². The van der Waals surface area contributed by atoms with E-state index in [-0.39, 0.29) is 0 Å². The summed E-state index contributed by atoms with van der Waals surface area (Å²) in [5.41, 5.74) is 2.86. The highest BCUT2D eigenvalue weighted by atomic mass is 35.5. The summed E-state index contributed by atoms with van der Waals surface area (Å²) >= 11 is 6.03. The lowest BCUT2D eigenvalue weighted by Crippen LogP contribution is -2.39. The maximum atomic E-state index is 6.03. The Hall–Kier alpha value is -0.690. The molecule has 1 nitrogen and oxygen atoms in total. The van der Waals surface area contributed by atoms with Crippen LogP contribution in [0.5, 0.6) is 0 Å². The first-order valence-corrected chi connectivity index (χ1v) is 7.78. The van der Waals surface area contributed by atoms with Gasteiger partial charge in [0, 0.05) is 16.8 Å². The van der Waals surface area contributed by atoms with E-state index >= 15 is 0 Å². The molecule has 2 atom stereocenters. The molecule has 0 aliphatic heterocycles. The first-order valence-electron chi connectivity index (χ1n) is 7.40. The van der Waals surface area contributed by atoms with Crippen molar-refractivity contribution in [3.05, 3.63) is 28.8 Å². The molecular formula is C17H26ClN. The Morgan fingerprint density at radius 2 is 1.84 bits per heavy atom. The molecule has 2 rings (SSSR count). The third-order valence-corrected chi connectivity index (χ3v) is 4.64. The van der Waals surface area contributed by atoms with Gasteiger partial charge in [-0.2, -0.15) is 0 Å². The van der Waals surface area contributed by atoms with Gasteiger partial charge in [-0.1, -0.05) is 45.2 Å². The van der Waals surface area contributed by atoms with Crippen molar-refractivity contribution in [2.45, 2.75) is 59.4 Å². The molecule has 0 aromatic heterocycles. The topological polar surface area (TPSA) is 12.0 Å². The van der Waals surface area contributed by atoms with E-state index in [1.54, 1.807) is 0 Å². The molecule has 1 saturated carbocycles. The van der Waals surface area contributed by atoms with Gasteiger partial charge in [-0.3, -0.25) is 0 Å². The van der Waals surface area contributed by atoms with Crippen LogP contribution in [0.25, 0.3) is 0 Å². The van der Waals surface area contributed by atoms with E-state index in [0.717, 1.165) is 10.9 Å². The zero-order valence-electron chi connectivity index (χ0n) is 12.6. The van der Waals surface area contributed by atoms with Crippen LogP contribution in [-0.4, -0.2) is 6.04 Å². The Morgan fingerprint density at radius 1 is 1.16 bits per heavy atom. The standard InChI is InChI=1S/C17H26ClN/c1-12-11-13(18)9-10-15(12)19-16-8-6-5-7-14(16)17(2,3)4/h9-11,14,16,19H,5-8H2,1-4H3. The lowest BCUT2D eigenvalue weighted by molar-refractivity contribution is 0.163. The zero-order chi connectivity index (χ0) is 14.0. The van der Waals surface area contributed by atoms with Crippen molar-refractivity contribution in [1.29, 1.82) is 0 Å². The van der Waals surface area contributed by atoms with Gasteiger partial charge in [-0.15, -0.1) is 0 Å². The van der Waals surface area contributed by atoms with Gasteiger partial charge in [0.1, 0.15) is 0 Å². The monoisotopic (exact) mass is 279 g/mol. The van der Waals surface area contributed by atoms with Gasteiger partial charge in [0.15, 0.2) is 0 Å². The highest BCUT2D eigenvalue weighted by Crippen LogP contribution is 2.39. The number of aryl methyl sites for hydroxylation is 1. The summed E-state index contributed by atoms with van der Waals surface area (Å²) in [5, 5.41) is 4.59. The highest BCUT2D eigenvalue weighted by Gasteiger charge is 2.34. The summed E-state index contributed by atoms with van der Waals surface area (Å²) in [6.07, 6.45) is 5.34. The molecule has 1 aliphatic rings. The fourth-order valence-corrected chi connectivity index (χ4v) is 3.56. The third-order valence-electron chi connectivity index (χ3n) is 4.41. The SMILES string of the molecule is Cc1cc(Cl)ccc1NC1CCCCC1C(C)(C)C. The van der Waals surface area contributed by atoms with Crippen LogP contribution in [0.2, 0.25) is 5.02 Å². The molecular weight excluding hydrogens is 254 g/mol. The number of hydrogen-bond acceptors (Lipinski definition) is 1. The minimum absolute atomic E-state index is 0.373. The number of halogens is 1. The van der Waals surface area contributed by atoms with E-state index < -0.39 is 0 Å². The minimum atomic E-state index is 0.373. The van der Waals surface area contributed by atoms with Crippen LogP contribution in [0, 0.1) is 18.3 Å². The average molecular weight is 280 g/mol. The number of benzene rings is 1. The number of rotatable bonds is 2. The fraction of sp³-hybridized carbons (Fsp3) is 0.647. The van der Waals surface area contributed by atoms with Crippen molar-refractivity contribution in [2.24, 2.45) is 11.3 Å². The van der Waals surface area contributed by atoms with E-state index in [1.807, 2.05) is 12.1 Å². The Labute approximate surface area is 122 Å². The molecule has 1 N–H and O–H groups in total. The van der Waals surface area contributed by atoms with Gasteiger partial charge in [0.05, 0.1) is 0 Å². The number of nitrogens with one attached hydrogen (secondary N) is 1. The van der Waals surface area contributed by atoms with Gasteiger partial charge in [0.2, 0.25) is 0 Å². The van der Waals surface area contributed by atoms with Crippen LogP contribution in [0.4, 0.5) is 5.69 Å². The lowest BCUT2D eigenvalue weighted by atomic mass is 9.69. The second-order valence-electron chi connectivity index (χ2n) is 6.97. The second kappa shape index (κ2) is 5.75. The van der Waals surface area contributed by atoms with Crippen molar-refractivity contribution >= 4 is 17.3 Å². The van der Waals surface area contributed by atoms with Crippen LogP contribution >= 0.6 is 11.6 Å². The highest BCUT2D eigenvalue weighted by molar-refractivity contribution is 6.30. The normalized spacial score (nSPS) is 24.3. The first kappa shape index (κ1) is 14.7. The second-order valence-corrected chi connectivity index (χ2v) is 7.40. The molecule has 2 heteroatoms. The van der Waals surface area contributed by atoms with Gasteiger partial charge in [-0.25, -0.2) is 0 Å². The van der Waals surface area contributed by atoms with Gasteiger partial charge in [0.25, 0.3) is 0 Å². The molecule has 0 bridgehead atoms. The molecule has 0 amide bonds. The van der Waals surface area contributed by atoms with Crippen molar-refractivity contribution in [2.75, 3.05) is 5.32 Å². The molecule has 1 aromatic carbocycles. The van der Waals surface area contributed by atoms with E-state index in [4.69, 9.17) is 11.6 Å². The molecule has 19 heavy (non-hydrogen) atoms. The summed E-state index contributed by atoms with van der Waals surface area (Å²) in [7, 11) is 0. The zero-order valence-corrected chi connectivity index (χ0v) is 13.3. The summed E-state index contributed by atoms with van der Waals surface area (Å²) in [4.78, 5) is 0. The Kier molecular flexibility index (Phi) is 4.45. The van der Waals surface area contributed by atoms with E-state index in [2.05, 4.69) is 39.1 Å². The predicted molar refractivity (Wildman–Crippen MR) is 85.0 cm³/mol. The Balaban J connectivity index is 2.15. The maximum absolute atomic E-state index is 6.03. The van der Waals surface area contributed by atoms with E-state index in [9.17, 15) is 0 Å². The molecule has 2 unspecified atom stereocenters. The molecule has 0 spiro atoms. The molecule has 0 heterocycles. The quantitative estimate of drug-likeness (QED) is 0.736. The summed E-state index contributed by atoms with van der Waals surface area (Å²) in [5.74, 6) is 0.747. The van der Waals surface area contributed by atoms with Crippen LogP contribution in [0.1, 0.15) is 52.0 Å². The lowest BCUT2D eigenvalue weighted by Gasteiger charge is -2.41. The molecule has 0 saturated heterocycles. The largest absolute Gasteiger partial charge is 0.382 e. The van der Waals surface area contributed by atoms with Crippen molar-refractivity contribution in [1.82, 2.24) is 0 Å². The van der Waals surface area contributed by atoms with Crippen LogP contribution < -0.4 is 5.32 Å². The molecule has 1 aliphatic carbocycles. The summed E-state index contributed by atoms with van der Waals surface area (Å²) in [6.45, 7) is 9.23. The molecule has 1 aromatic rings. The number of anilines is 1.